The average molecular weight is 557 g/mol. The molecule has 0 bridgehead atoms. The van der Waals surface area contributed by atoms with Crippen LogP contribution in [0, 0.1) is 0 Å². The third-order valence-corrected chi connectivity index (χ3v) is 5.82. The van der Waals surface area contributed by atoms with Crippen LogP contribution in [0.2, 0.25) is 0 Å². The van der Waals surface area contributed by atoms with Gasteiger partial charge in [0.2, 0.25) is 17.7 Å². The minimum absolute atomic E-state index is 0.106. The lowest BCUT2D eigenvalue weighted by Gasteiger charge is -2.25. The highest BCUT2D eigenvalue weighted by Crippen LogP contribution is 2.08. The highest BCUT2D eigenvalue weighted by Gasteiger charge is 2.31. The lowest BCUT2D eigenvalue weighted by Crippen LogP contribution is -2.58. The van der Waals surface area contributed by atoms with Gasteiger partial charge < -0.3 is 37.0 Å². The second-order valence-corrected chi connectivity index (χ2v) is 9.04. The summed E-state index contributed by atoms with van der Waals surface area (Å²) in [6.07, 6.45) is -1.66. The number of carboxylic acids is 3. The Bertz CT molecular complexity index is 1190. The summed E-state index contributed by atoms with van der Waals surface area (Å²) in [6, 6.07) is 11.7. The van der Waals surface area contributed by atoms with E-state index >= 15 is 0 Å². The summed E-state index contributed by atoms with van der Waals surface area (Å²) < 4.78 is 0. The van der Waals surface area contributed by atoms with Gasteiger partial charge in [0.05, 0.1) is 12.5 Å². The Labute approximate surface area is 229 Å². The maximum absolute atomic E-state index is 13.2. The summed E-state index contributed by atoms with van der Waals surface area (Å²) >= 11 is 0. The first kappa shape index (κ1) is 31.4. The van der Waals surface area contributed by atoms with E-state index < -0.39 is 72.6 Å². The van der Waals surface area contributed by atoms with Crippen LogP contribution in [0.15, 0.2) is 60.7 Å². The van der Waals surface area contributed by atoms with Crippen molar-refractivity contribution in [2.24, 2.45) is 5.73 Å². The van der Waals surface area contributed by atoms with Gasteiger partial charge in [-0.3, -0.25) is 24.0 Å². The Hall–Kier alpha value is -4.78. The van der Waals surface area contributed by atoms with Crippen LogP contribution in [0.3, 0.4) is 0 Å². The molecule has 0 heterocycles. The Morgan fingerprint density at radius 3 is 1.60 bits per heavy atom. The number of carbonyl (C=O) groups is 6. The van der Waals surface area contributed by atoms with Gasteiger partial charge in [-0.25, -0.2) is 4.79 Å². The number of nitrogens with one attached hydrogen (secondary N) is 3. The molecule has 214 valence electrons. The van der Waals surface area contributed by atoms with Crippen molar-refractivity contribution >= 4 is 35.6 Å². The Morgan fingerprint density at radius 1 is 0.625 bits per heavy atom. The van der Waals surface area contributed by atoms with Crippen LogP contribution in [0.5, 0.6) is 0 Å². The van der Waals surface area contributed by atoms with E-state index in [1.54, 1.807) is 60.7 Å². The summed E-state index contributed by atoms with van der Waals surface area (Å²) in [7, 11) is 0. The molecule has 13 heteroatoms. The number of benzene rings is 2. The minimum Gasteiger partial charge on any atom is -0.481 e. The number of amides is 3. The van der Waals surface area contributed by atoms with Crippen LogP contribution < -0.4 is 21.7 Å². The Balaban J connectivity index is 2.22. The van der Waals surface area contributed by atoms with E-state index in [2.05, 4.69) is 16.0 Å². The molecular weight excluding hydrogens is 524 g/mol. The van der Waals surface area contributed by atoms with Crippen molar-refractivity contribution < 1.29 is 44.1 Å². The molecule has 0 aromatic heterocycles. The van der Waals surface area contributed by atoms with E-state index in [9.17, 15) is 33.9 Å². The van der Waals surface area contributed by atoms with Crippen molar-refractivity contribution in [2.75, 3.05) is 0 Å². The normalized spacial score (nSPS) is 13.6. The Morgan fingerprint density at radius 2 is 1.10 bits per heavy atom. The summed E-state index contributed by atoms with van der Waals surface area (Å²) in [5.74, 6) is -6.86. The van der Waals surface area contributed by atoms with Crippen LogP contribution in [0.4, 0.5) is 0 Å². The monoisotopic (exact) mass is 556 g/mol. The lowest BCUT2D eigenvalue weighted by atomic mass is 10.0. The van der Waals surface area contributed by atoms with Crippen molar-refractivity contribution in [1.29, 1.82) is 0 Å². The molecule has 4 atom stereocenters. The third kappa shape index (κ3) is 10.9. The number of hydrogen-bond acceptors (Lipinski definition) is 7. The van der Waals surface area contributed by atoms with Crippen molar-refractivity contribution in [2.45, 2.75) is 56.3 Å². The number of aliphatic carboxylic acids is 3. The standard InChI is InChI=1S/C27H32N4O9/c28-18(13-16-7-3-1-4-8-16)24(36)29-19(11-12-22(32)33)25(37)30-20(14-17-9-5-2-6-10-17)26(38)31-21(27(39)40)15-23(34)35/h1-10,18-21H,11-15,28H2,(H,29,36)(H,30,37)(H,31,38)(H,32,33)(H,34,35)(H,39,40)/t18-,19-,20-,21-/m0/s1. The molecule has 0 fully saturated rings. The summed E-state index contributed by atoms with van der Waals surface area (Å²) in [4.78, 5) is 72.7. The molecule has 0 saturated carbocycles. The quantitative estimate of drug-likeness (QED) is 0.143. The van der Waals surface area contributed by atoms with Crippen LogP contribution >= 0.6 is 0 Å². The number of carbonyl (C=O) groups excluding carboxylic acids is 3. The summed E-state index contributed by atoms with van der Waals surface area (Å²) in [5, 5.41) is 34.4. The number of hydrogen-bond donors (Lipinski definition) is 7. The van der Waals surface area contributed by atoms with Crippen molar-refractivity contribution in [3.8, 4) is 0 Å². The SMILES string of the molecule is N[C@@H](Cc1ccccc1)C(=O)N[C@@H](CCC(=O)O)C(=O)N[C@@H](Cc1ccccc1)C(=O)N[C@@H](CC(=O)O)C(=O)O. The zero-order chi connectivity index (χ0) is 29.7. The molecular formula is C27H32N4O9. The van der Waals surface area contributed by atoms with Gasteiger partial charge >= 0.3 is 17.9 Å². The molecule has 8 N–H and O–H groups in total. The van der Waals surface area contributed by atoms with E-state index in [-0.39, 0.29) is 19.3 Å². The first-order valence-corrected chi connectivity index (χ1v) is 12.4. The van der Waals surface area contributed by atoms with Crippen LogP contribution in [0.25, 0.3) is 0 Å². The van der Waals surface area contributed by atoms with E-state index in [4.69, 9.17) is 15.9 Å². The van der Waals surface area contributed by atoms with Crippen molar-refractivity contribution in [3.05, 3.63) is 71.8 Å². The largest absolute Gasteiger partial charge is 0.481 e. The maximum Gasteiger partial charge on any atom is 0.326 e. The molecule has 2 rings (SSSR count). The van der Waals surface area contributed by atoms with Crippen molar-refractivity contribution in [1.82, 2.24) is 16.0 Å². The first-order valence-electron chi connectivity index (χ1n) is 12.4. The zero-order valence-electron chi connectivity index (χ0n) is 21.5. The van der Waals surface area contributed by atoms with Crippen molar-refractivity contribution in [3.63, 3.8) is 0 Å². The van der Waals surface area contributed by atoms with Crippen LogP contribution in [0.1, 0.15) is 30.4 Å². The third-order valence-electron chi connectivity index (χ3n) is 5.82. The number of carboxylic acid groups (broad SMARTS) is 3. The summed E-state index contributed by atoms with van der Waals surface area (Å²) in [6.45, 7) is 0. The molecule has 0 aliphatic carbocycles. The molecule has 0 aliphatic rings. The molecule has 13 nitrogen and oxygen atoms in total. The highest BCUT2D eigenvalue weighted by molar-refractivity contribution is 5.95. The molecule has 40 heavy (non-hydrogen) atoms. The van der Waals surface area contributed by atoms with Gasteiger partial charge in [0, 0.05) is 12.8 Å². The average Bonchev–Trinajstić information content (AvgIpc) is 2.90. The fourth-order valence-corrected chi connectivity index (χ4v) is 3.75. The van der Waals surface area contributed by atoms with E-state index in [1.165, 1.54) is 0 Å². The summed E-state index contributed by atoms with van der Waals surface area (Å²) in [5.41, 5.74) is 7.36. The number of nitrogens with two attached hydrogens (primary N) is 1. The predicted octanol–water partition coefficient (Wildman–Crippen LogP) is -0.322. The lowest BCUT2D eigenvalue weighted by molar-refractivity contribution is -0.147. The maximum atomic E-state index is 13.2. The van der Waals surface area contributed by atoms with E-state index in [0.717, 1.165) is 5.56 Å². The smallest absolute Gasteiger partial charge is 0.326 e. The molecule has 2 aromatic rings. The van der Waals surface area contributed by atoms with Crippen LogP contribution in [-0.2, 0) is 41.6 Å². The molecule has 0 saturated heterocycles. The molecule has 2 aromatic carbocycles. The van der Waals surface area contributed by atoms with E-state index in [1.807, 2.05) is 0 Å². The Kier molecular flexibility index (Phi) is 12.3. The molecule has 0 unspecified atom stereocenters. The number of rotatable bonds is 16. The highest BCUT2D eigenvalue weighted by atomic mass is 16.4. The second-order valence-electron chi connectivity index (χ2n) is 9.04. The molecule has 3 amide bonds. The molecule has 0 spiro atoms. The minimum atomic E-state index is -1.77. The fraction of sp³-hybridized carbons (Fsp3) is 0.333. The van der Waals surface area contributed by atoms with Gasteiger partial charge in [-0.15, -0.1) is 0 Å². The van der Waals surface area contributed by atoms with Gasteiger partial charge in [0.15, 0.2) is 0 Å². The molecule has 0 aliphatic heterocycles. The van der Waals surface area contributed by atoms with Gasteiger partial charge in [-0.05, 0) is 24.0 Å². The van der Waals surface area contributed by atoms with Gasteiger partial charge in [0.1, 0.15) is 18.1 Å². The molecule has 0 radical (unpaired) electrons. The van der Waals surface area contributed by atoms with Gasteiger partial charge in [-0.2, -0.15) is 0 Å². The van der Waals surface area contributed by atoms with Gasteiger partial charge in [0.25, 0.3) is 0 Å². The van der Waals surface area contributed by atoms with Gasteiger partial charge in [-0.1, -0.05) is 60.7 Å². The second kappa shape index (κ2) is 15.6. The van der Waals surface area contributed by atoms with E-state index in [0.29, 0.717) is 5.56 Å². The fourth-order valence-electron chi connectivity index (χ4n) is 3.75. The van der Waals surface area contributed by atoms with Crippen LogP contribution in [-0.4, -0.2) is 75.1 Å². The zero-order valence-corrected chi connectivity index (χ0v) is 21.5. The topological polar surface area (TPSA) is 225 Å². The first-order chi connectivity index (χ1) is 19.0. The predicted molar refractivity (Wildman–Crippen MR) is 141 cm³/mol.